The van der Waals surface area contributed by atoms with Crippen LogP contribution in [0.25, 0.3) is 0 Å². The minimum atomic E-state index is 0.0488. The van der Waals surface area contributed by atoms with E-state index in [9.17, 15) is 4.79 Å². The molecule has 4 heteroatoms. The average Bonchev–Trinajstić information content (AvgIpc) is 2.68. The van der Waals surface area contributed by atoms with Crippen LogP contribution in [0.5, 0.6) is 0 Å². The maximum Gasteiger partial charge on any atom is 0.216 e. The lowest BCUT2D eigenvalue weighted by atomic mass is 10.1. The number of rotatable bonds is 7. The molecule has 138 valence electrons. The summed E-state index contributed by atoms with van der Waals surface area (Å²) in [6.07, 6.45) is 2.00. The minimum absolute atomic E-state index is 0.0488. The van der Waals surface area contributed by atoms with Crippen LogP contribution in [0.2, 0.25) is 0 Å². The Morgan fingerprint density at radius 3 is 2.23 bits per heavy atom. The standard InChI is InChI=1S/C22H29N3O/c1-19(26)23-13-5-6-20-9-11-21(12-10-20)18-24-14-16-25(17-15-24)22-7-3-2-4-8-22/h2-4,7-12H,5-6,13-18H2,1H3,(H,23,26). The molecule has 0 unspecified atom stereocenters. The van der Waals surface area contributed by atoms with Gasteiger partial charge in [-0.1, -0.05) is 42.5 Å². The van der Waals surface area contributed by atoms with Gasteiger partial charge in [0, 0.05) is 51.9 Å². The summed E-state index contributed by atoms with van der Waals surface area (Å²) in [5.41, 5.74) is 4.05. The van der Waals surface area contributed by atoms with Gasteiger partial charge in [0.1, 0.15) is 0 Å². The van der Waals surface area contributed by atoms with E-state index in [0.717, 1.165) is 52.1 Å². The molecule has 0 aliphatic carbocycles. The number of amides is 1. The number of para-hydroxylation sites is 1. The SMILES string of the molecule is CC(=O)NCCCc1ccc(CN2CCN(c3ccccc3)CC2)cc1. The molecule has 0 bridgehead atoms. The van der Waals surface area contributed by atoms with Crippen LogP contribution in [-0.4, -0.2) is 43.5 Å². The molecule has 1 heterocycles. The lowest BCUT2D eigenvalue weighted by molar-refractivity contribution is -0.118. The van der Waals surface area contributed by atoms with E-state index in [-0.39, 0.29) is 5.91 Å². The van der Waals surface area contributed by atoms with Gasteiger partial charge in [0.2, 0.25) is 5.91 Å². The molecule has 0 atom stereocenters. The number of aryl methyl sites for hydroxylation is 1. The van der Waals surface area contributed by atoms with Crippen LogP contribution in [0.1, 0.15) is 24.5 Å². The predicted molar refractivity (Wildman–Crippen MR) is 107 cm³/mol. The molecule has 0 radical (unpaired) electrons. The van der Waals surface area contributed by atoms with Crippen molar-refractivity contribution in [3.05, 3.63) is 65.7 Å². The monoisotopic (exact) mass is 351 g/mol. The number of benzene rings is 2. The van der Waals surface area contributed by atoms with Crippen LogP contribution in [0.3, 0.4) is 0 Å². The summed E-state index contributed by atoms with van der Waals surface area (Å²) in [5.74, 6) is 0.0488. The van der Waals surface area contributed by atoms with Gasteiger partial charge in [0.25, 0.3) is 0 Å². The summed E-state index contributed by atoms with van der Waals surface area (Å²) in [6.45, 7) is 7.73. The molecule has 4 nitrogen and oxygen atoms in total. The fourth-order valence-electron chi connectivity index (χ4n) is 3.43. The highest BCUT2D eigenvalue weighted by atomic mass is 16.1. The molecule has 1 aliphatic rings. The highest BCUT2D eigenvalue weighted by Gasteiger charge is 2.17. The zero-order chi connectivity index (χ0) is 18.2. The highest BCUT2D eigenvalue weighted by Crippen LogP contribution is 2.17. The number of hydrogen-bond acceptors (Lipinski definition) is 3. The molecule has 1 saturated heterocycles. The summed E-state index contributed by atoms with van der Waals surface area (Å²) in [7, 11) is 0. The number of piperazine rings is 1. The lowest BCUT2D eigenvalue weighted by Gasteiger charge is -2.36. The molecule has 2 aromatic rings. The second kappa shape index (κ2) is 9.39. The van der Waals surface area contributed by atoms with Crippen molar-refractivity contribution in [2.45, 2.75) is 26.3 Å². The number of anilines is 1. The third-order valence-corrected chi connectivity index (χ3v) is 4.94. The first-order chi connectivity index (χ1) is 12.7. The van der Waals surface area contributed by atoms with E-state index in [4.69, 9.17) is 0 Å². The quantitative estimate of drug-likeness (QED) is 0.779. The second-order valence-corrected chi connectivity index (χ2v) is 7.00. The van der Waals surface area contributed by atoms with E-state index < -0.39 is 0 Å². The van der Waals surface area contributed by atoms with E-state index in [2.05, 4.69) is 69.7 Å². The smallest absolute Gasteiger partial charge is 0.216 e. The van der Waals surface area contributed by atoms with Crippen molar-refractivity contribution in [3.8, 4) is 0 Å². The van der Waals surface area contributed by atoms with Crippen LogP contribution < -0.4 is 10.2 Å². The van der Waals surface area contributed by atoms with E-state index in [1.165, 1.54) is 16.8 Å². The van der Waals surface area contributed by atoms with Gasteiger partial charge in [-0.25, -0.2) is 0 Å². The molecule has 3 rings (SSSR count). The number of nitrogens with zero attached hydrogens (tertiary/aromatic N) is 2. The summed E-state index contributed by atoms with van der Waals surface area (Å²) in [5, 5.41) is 2.85. The predicted octanol–water partition coefficient (Wildman–Crippen LogP) is 3.08. The Balaban J connectivity index is 1.41. The largest absolute Gasteiger partial charge is 0.369 e. The Labute approximate surface area is 156 Å². The fraction of sp³-hybridized carbons (Fsp3) is 0.409. The molecule has 2 aromatic carbocycles. The molecular formula is C22H29N3O. The minimum Gasteiger partial charge on any atom is -0.369 e. The molecule has 1 N–H and O–H groups in total. The van der Waals surface area contributed by atoms with Crippen LogP contribution in [0.15, 0.2) is 54.6 Å². The Morgan fingerprint density at radius 1 is 0.923 bits per heavy atom. The van der Waals surface area contributed by atoms with Crippen molar-refractivity contribution >= 4 is 11.6 Å². The van der Waals surface area contributed by atoms with Gasteiger partial charge in [0.05, 0.1) is 0 Å². The van der Waals surface area contributed by atoms with E-state index >= 15 is 0 Å². The number of hydrogen-bond donors (Lipinski definition) is 1. The van der Waals surface area contributed by atoms with Gasteiger partial charge in [-0.3, -0.25) is 9.69 Å². The summed E-state index contributed by atoms with van der Waals surface area (Å²) in [6, 6.07) is 19.6. The molecule has 1 amide bonds. The first-order valence-electron chi connectivity index (χ1n) is 9.55. The first-order valence-corrected chi connectivity index (χ1v) is 9.55. The van der Waals surface area contributed by atoms with Gasteiger partial charge in [-0.15, -0.1) is 0 Å². The Hall–Kier alpha value is -2.33. The van der Waals surface area contributed by atoms with Crippen LogP contribution in [-0.2, 0) is 17.8 Å². The van der Waals surface area contributed by atoms with Crippen molar-refractivity contribution in [3.63, 3.8) is 0 Å². The Morgan fingerprint density at radius 2 is 1.58 bits per heavy atom. The van der Waals surface area contributed by atoms with Crippen LogP contribution >= 0.6 is 0 Å². The molecule has 0 saturated carbocycles. The average molecular weight is 351 g/mol. The number of carbonyl (C=O) groups excluding carboxylic acids is 1. The number of carbonyl (C=O) groups is 1. The third kappa shape index (κ3) is 5.60. The van der Waals surface area contributed by atoms with Gasteiger partial charge >= 0.3 is 0 Å². The molecule has 26 heavy (non-hydrogen) atoms. The maximum absolute atomic E-state index is 10.9. The Kier molecular flexibility index (Phi) is 6.67. The summed E-state index contributed by atoms with van der Waals surface area (Å²) < 4.78 is 0. The van der Waals surface area contributed by atoms with Crippen molar-refractivity contribution in [1.82, 2.24) is 10.2 Å². The van der Waals surface area contributed by atoms with Crippen LogP contribution in [0, 0.1) is 0 Å². The summed E-state index contributed by atoms with van der Waals surface area (Å²) in [4.78, 5) is 15.9. The zero-order valence-electron chi connectivity index (χ0n) is 15.7. The van der Waals surface area contributed by atoms with Crippen molar-refractivity contribution < 1.29 is 4.79 Å². The van der Waals surface area contributed by atoms with E-state index in [1.54, 1.807) is 6.92 Å². The van der Waals surface area contributed by atoms with E-state index in [1.807, 2.05) is 0 Å². The molecular weight excluding hydrogens is 322 g/mol. The van der Waals surface area contributed by atoms with Crippen molar-refractivity contribution in [2.75, 3.05) is 37.6 Å². The second-order valence-electron chi connectivity index (χ2n) is 7.00. The van der Waals surface area contributed by atoms with Gasteiger partial charge in [-0.05, 0) is 36.1 Å². The van der Waals surface area contributed by atoms with Gasteiger partial charge < -0.3 is 10.2 Å². The maximum atomic E-state index is 10.9. The normalized spacial score (nSPS) is 15.0. The molecule has 1 aliphatic heterocycles. The molecule has 0 spiro atoms. The van der Waals surface area contributed by atoms with Crippen molar-refractivity contribution in [2.24, 2.45) is 0 Å². The highest BCUT2D eigenvalue weighted by molar-refractivity contribution is 5.72. The topological polar surface area (TPSA) is 35.6 Å². The van der Waals surface area contributed by atoms with Crippen molar-refractivity contribution in [1.29, 1.82) is 0 Å². The molecule has 1 fully saturated rings. The fourth-order valence-corrected chi connectivity index (χ4v) is 3.43. The molecule has 0 aromatic heterocycles. The van der Waals surface area contributed by atoms with Gasteiger partial charge in [-0.2, -0.15) is 0 Å². The first kappa shape index (κ1) is 18.5. The van der Waals surface area contributed by atoms with Crippen LogP contribution in [0.4, 0.5) is 5.69 Å². The number of nitrogens with one attached hydrogen (secondary N) is 1. The van der Waals surface area contributed by atoms with E-state index in [0.29, 0.717) is 0 Å². The lowest BCUT2D eigenvalue weighted by Crippen LogP contribution is -2.45. The van der Waals surface area contributed by atoms with Gasteiger partial charge in [0.15, 0.2) is 0 Å². The third-order valence-electron chi connectivity index (χ3n) is 4.94. The Bertz CT molecular complexity index is 676. The summed E-state index contributed by atoms with van der Waals surface area (Å²) >= 11 is 0. The zero-order valence-corrected chi connectivity index (χ0v) is 15.7.